The Labute approximate surface area is 856 Å². The van der Waals surface area contributed by atoms with Gasteiger partial charge in [0.15, 0.2) is 72.3 Å². The zero-order valence-corrected chi connectivity index (χ0v) is 85.8. The van der Waals surface area contributed by atoms with E-state index in [0.29, 0.717) is 88.6 Å². The topological polar surface area (TPSA) is 631 Å². The van der Waals surface area contributed by atoms with E-state index in [1.54, 1.807) is 32.6 Å². The molecule has 0 radical (unpaired) electrons. The molecule has 0 saturated carbocycles. The van der Waals surface area contributed by atoms with Crippen LogP contribution in [0, 0.1) is 0 Å². The normalized spacial score (nSPS) is 24.9. The number of nitrogens with two attached hydrogens (primary N) is 1. The van der Waals surface area contributed by atoms with E-state index >= 15 is 0 Å². The van der Waals surface area contributed by atoms with Gasteiger partial charge in [-0.15, -0.1) is 15.3 Å². The molecule has 0 spiro atoms. The minimum atomic E-state index is -1.35. The van der Waals surface area contributed by atoms with E-state index in [-0.39, 0.29) is 242 Å². The molecule has 3 aromatic rings. The van der Waals surface area contributed by atoms with Gasteiger partial charge >= 0.3 is 35.8 Å². The number of unbranched alkanes of at least 4 members (excludes halogenated alkanes) is 5. The maximum absolute atomic E-state index is 14.4. The van der Waals surface area contributed by atoms with Crippen molar-refractivity contribution in [3.8, 4) is 0 Å². The summed E-state index contributed by atoms with van der Waals surface area (Å²) in [6.07, 6.45) is 1.23. The van der Waals surface area contributed by atoms with Crippen LogP contribution in [0.2, 0.25) is 0 Å². The third-order valence-electron chi connectivity index (χ3n) is 23.5. The summed E-state index contributed by atoms with van der Waals surface area (Å²) in [5.74, 6) is -5.39. The number of ketones is 1. The summed E-state index contributed by atoms with van der Waals surface area (Å²) in [5, 5.41) is 37.2. The van der Waals surface area contributed by atoms with E-state index in [1.807, 2.05) is 0 Å². The summed E-state index contributed by atoms with van der Waals surface area (Å²) >= 11 is 0. The lowest BCUT2D eigenvalue weighted by Crippen LogP contribution is -2.68. The third kappa shape index (κ3) is 41.8. The summed E-state index contributed by atoms with van der Waals surface area (Å²) < 4.78 is 180. The molecule has 10 rings (SSSR count). The standard InChI is InChI=1S/C93H148N14O41/c1-62(108)95-77-80(140-65(4)111)83(143-68(7)114)91(59-137-86(77)146-91)56-128-42-39-125-36-33-122-30-27-119-24-20-105-45-72(99-102-105)50-131-53-90(98-76(118)19-15-11-10-13-17-75(117)18-14-12-16-23-134-89-135-48-71(94)49-136-89,54-132-51-73-46-106(103-100-73)21-25-120-28-31-123-34-37-126-40-43-129-57-92-60-138-87(147-92)78(96-63(2)109)81(141-66(5)112)84(92)144-69(8)115)55-133-52-74-47-107(104-101-74)22-26-121-29-32-124-35-38-127-41-44-130-58-93-61-139-88(148-93)79(97-64(3)110)82(142-67(6)113)85(93)145-70(9)116/h45-47,71,77-89H,10-44,48-61,94H2,1-9H3,(H,95,108)(H,96,109)(H,97,110)(H,98,118)/t71?,77-,78-,79-,80-,81-,82-,83-,84-,85-,86+,87+,88+,89?,91+,92+,93+/m1/s1. The van der Waals surface area contributed by atoms with Gasteiger partial charge in [0.2, 0.25) is 23.6 Å². The molecule has 15 atom stereocenters. The van der Waals surface area contributed by atoms with Gasteiger partial charge in [-0.2, -0.15) is 0 Å². The number of nitrogens with zero attached hydrogens (tertiary/aromatic N) is 9. The van der Waals surface area contributed by atoms with Crippen LogP contribution >= 0.6 is 0 Å². The second-order valence-corrected chi connectivity index (χ2v) is 36.3. The largest absolute Gasteiger partial charge is 0.456 e. The molecule has 836 valence electrons. The molecule has 6 bridgehead atoms. The highest BCUT2D eigenvalue weighted by Crippen LogP contribution is 2.44. The number of hydrogen-bond acceptors (Lipinski definition) is 48. The molecule has 7 aliphatic rings. The molecule has 7 saturated heterocycles. The van der Waals surface area contributed by atoms with Crippen molar-refractivity contribution >= 4 is 65.2 Å². The number of amides is 4. The first-order chi connectivity index (χ1) is 71.4. The van der Waals surface area contributed by atoms with Crippen molar-refractivity contribution in [2.45, 2.75) is 274 Å². The minimum absolute atomic E-state index is 0.0447. The molecule has 55 heteroatoms. The van der Waals surface area contributed by atoms with Crippen LogP contribution in [0.1, 0.15) is 144 Å². The Balaban J connectivity index is 0.674. The summed E-state index contributed by atoms with van der Waals surface area (Å²) in [6.45, 7) is 16.1. The fraction of sp³-hybridized carbons (Fsp3) is 0.817. The zero-order chi connectivity index (χ0) is 106. The highest BCUT2D eigenvalue weighted by molar-refractivity contribution is 5.79. The SMILES string of the molecule is CC(=O)N[C@H]1[C@H]2OC[C@](COCCOCCOCCOCCn3cc(COCC(COCc4cn(CCOCCOCCOCCOC[C@@]56CO[C@@H](O5)[C@H](NC(C)=O)[C@@H](OC(C)=O)[C@H]6OC(C)=O)nn4)(COCc4cn(CCOCCOCCOCCOC[C@@]56CO[C@@H](O5)[C@H](NC(C)=O)[C@@H](OC(C)=O)[C@H]6OC(C)=O)nn4)NC(=O)CCCCCCC(=O)CCCCCOC4OCC(N)CO4)nn3)(O2)[C@H](OC(C)=O)[C@@H]1OC(C)=O. The highest BCUT2D eigenvalue weighted by atomic mass is 16.9. The first-order valence-corrected chi connectivity index (χ1v) is 49.9. The van der Waals surface area contributed by atoms with Crippen LogP contribution < -0.4 is 27.0 Å². The number of ether oxygens (including phenoxy) is 30. The van der Waals surface area contributed by atoms with Crippen LogP contribution in [0.3, 0.4) is 0 Å². The Morgan fingerprint density at radius 3 is 0.932 bits per heavy atom. The molecular formula is C93H148N14O41. The van der Waals surface area contributed by atoms with Gasteiger partial charge in [0, 0.05) is 81.6 Å². The number of hydrogen-bond donors (Lipinski definition) is 5. The number of aromatic nitrogens is 9. The van der Waals surface area contributed by atoms with Gasteiger partial charge in [0.25, 0.3) is 6.48 Å². The van der Waals surface area contributed by atoms with Crippen LogP contribution in [0.5, 0.6) is 0 Å². The molecule has 0 aromatic carbocycles. The van der Waals surface area contributed by atoms with Gasteiger partial charge in [-0.25, -0.2) is 14.0 Å². The Bertz CT molecular complexity index is 4120. The van der Waals surface area contributed by atoms with Crippen molar-refractivity contribution in [1.29, 1.82) is 0 Å². The lowest BCUT2D eigenvalue weighted by Gasteiger charge is -2.45. The van der Waals surface area contributed by atoms with Crippen molar-refractivity contribution in [1.82, 2.24) is 66.2 Å². The summed E-state index contributed by atoms with van der Waals surface area (Å²) in [4.78, 5) is 137. The van der Waals surface area contributed by atoms with Gasteiger partial charge in [-0.3, -0.25) is 52.7 Å². The number of rotatable bonds is 78. The van der Waals surface area contributed by atoms with Gasteiger partial charge in [-0.1, -0.05) is 34.9 Å². The molecule has 3 aromatic heterocycles. The number of esters is 6. The molecule has 148 heavy (non-hydrogen) atoms. The van der Waals surface area contributed by atoms with Crippen LogP contribution in [0.15, 0.2) is 18.6 Å². The van der Waals surface area contributed by atoms with Crippen LogP contribution in [-0.4, -0.2) is 437 Å². The van der Waals surface area contributed by atoms with Crippen LogP contribution in [0.25, 0.3) is 0 Å². The monoisotopic (exact) mass is 2120 g/mol. The molecule has 0 aliphatic carbocycles. The van der Waals surface area contributed by atoms with Gasteiger partial charge in [0.05, 0.1) is 282 Å². The number of fused-ring (bicyclic) bond motifs is 6. The lowest BCUT2D eigenvalue weighted by atomic mass is 9.87. The molecular weight excluding hydrogens is 1970 g/mol. The maximum atomic E-state index is 14.4. The van der Waals surface area contributed by atoms with Crippen molar-refractivity contribution in [3.63, 3.8) is 0 Å². The summed E-state index contributed by atoms with van der Waals surface area (Å²) in [7, 11) is 0. The average molecular weight is 2120 g/mol. The van der Waals surface area contributed by atoms with Crippen molar-refractivity contribution < 1.29 is 195 Å². The fourth-order valence-corrected chi connectivity index (χ4v) is 17.0. The summed E-state index contributed by atoms with van der Waals surface area (Å²) in [6, 6.07) is -3.03. The molecule has 55 nitrogen and oxygen atoms in total. The smallest absolute Gasteiger partial charge is 0.303 e. The predicted octanol–water partition coefficient (Wildman–Crippen LogP) is -1.91. The second-order valence-electron chi connectivity index (χ2n) is 36.3. The third-order valence-corrected chi connectivity index (χ3v) is 23.5. The van der Waals surface area contributed by atoms with Gasteiger partial charge in [0.1, 0.15) is 46.5 Å². The number of carbonyl (C=O) groups excluding carboxylic acids is 11. The summed E-state index contributed by atoms with van der Waals surface area (Å²) in [5.41, 5.74) is 1.87. The van der Waals surface area contributed by atoms with E-state index in [1.165, 1.54) is 62.3 Å². The van der Waals surface area contributed by atoms with Crippen LogP contribution in [0.4, 0.5) is 0 Å². The molecule has 4 amide bonds. The van der Waals surface area contributed by atoms with Crippen LogP contribution in [-0.2, 0) is 234 Å². The molecule has 7 fully saturated rings. The highest BCUT2D eigenvalue weighted by Gasteiger charge is 2.67. The Morgan fingerprint density at radius 1 is 0.351 bits per heavy atom. The number of carbonyl (C=O) groups is 11. The van der Waals surface area contributed by atoms with Crippen molar-refractivity contribution in [3.05, 3.63) is 35.7 Å². The Morgan fingerprint density at radius 2 is 0.635 bits per heavy atom. The number of Topliss-reactive ketones (excluding diaryl/α,β-unsaturated/α-hetero) is 1. The zero-order valence-electron chi connectivity index (χ0n) is 85.8. The Hall–Kier alpha value is -9.21. The van der Waals surface area contributed by atoms with E-state index in [4.69, 9.17) is 148 Å². The van der Waals surface area contributed by atoms with Crippen molar-refractivity contribution in [2.24, 2.45) is 5.73 Å². The second kappa shape index (κ2) is 64.6. The molecule has 0 unspecified atom stereocenters. The Kier molecular flexibility index (Phi) is 52.7. The predicted molar refractivity (Wildman–Crippen MR) is 497 cm³/mol. The van der Waals surface area contributed by atoms with Gasteiger partial charge < -0.3 is 169 Å². The molecule has 6 N–H and O–H groups in total. The van der Waals surface area contributed by atoms with E-state index in [0.717, 1.165) is 25.7 Å². The van der Waals surface area contributed by atoms with Crippen molar-refractivity contribution in [2.75, 3.05) is 218 Å². The molecule has 7 aliphatic heterocycles. The lowest BCUT2D eigenvalue weighted by molar-refractivity contribution is -0.313. The quantitative estimate of drug-likeness (QED) is 0.0234. The maximum Gasteiger partial charge on any atom is 0.303 e. The first kappa shape index (κ1) is 121. The first-order valence-electron chi connectivity index (χ1n) is 49.9. The average Bonchev–Trinajstić information content (AvgIpc) is 1.58. The van der Waals surface area contributed by atoms with E-state index in [9.17, 15) is 52.7 Å². The molecule has 10 heterocycles. The number of nitrogens with one attached hydrogen (secondary N) is 4. The fourth-order valence-electron chi connectivity index (χ4n) is 17.0. The van der Waals surface area contributed by atoms with Gasteiger partial charge in [-0.05, 0) is 25.7 Å². The van der Waals surface area contributed by atoms with E-state index < -0.39 is 156 Å². The van der Waals surface area contributed by atoms with E-state index in [2.05, 4.69) is 52.2 Å². The minimum Gasteiger partial charge on any atom is -0.456 e.